The Hall–Kier alpha value is -0.860. The molecule has 45 valence electrons. The molecule has 0 aromatic heterocycles. The molecule has 0 aliphatic heterocycles. The summed E-state index contributed by atoms with van der Waals surface area (Å²) in [5, 5.41) is 0. The van der Waals surface area contributed by atoms with E-state index in [0.29, 0.717) is 6.61 Å². The maximum absolute atomic E-state index is 9.92. The first-order valence-corrected chi connectivity index (χ1v) is 2.36. The lowest BCUT2D eigenvalue weighted by molar-refractivity contribution is -0.135. The first-order valence-electron chi connectivity index (χ1n) is 2.36. The van der Waals surface area contributed by atoms with Crippen LogP contribution in [-0.4, -0.2) is 18.9 Å². The van der Waals surface area contributed by atoms with Gasteiger partial charge in [0, 0.05) is 0 Å². The van der Waals surface area contributed by atoms with Gasteiger partial charge in [-0.3, -0.25) is 4.79 Å². The fourth-order valence-corrected chi connectivity index (χ4v) is 0.224. The summed E-state index contributed by atoms with van der Waals surface area (Å²) < 4.78 is 4.28. The van der Waals surface area contributed by atoms with Crippen molar-refractivity contribution in [1.29, 1.82) is 0 Å². The molecule has 3 heteroatoms. The van der Waals surface area contributed by atoms with Gasteiger partial charge < -0.3 is 4.74 Å². The van der Waals surface area contributed by atoms with Crippen molar-refractivity contribution >= 4 is 12.3 Å². The van der Waals surface area contributed by atoms with Crippen molar-refractivity contribution in [3.63, 3.8) is 0 Å². The minimum Gasteiger partial charge on any atom is -0.460 e. The van der Waals surface area contributed by atoms with Crippen LogP contribution in [0, 0.1) is 0 Å². The maximum atomic E-state index is 9.92. The molecule has 0 aromatic carbocycles. The fraction of sp³-hybridized carbons (Fsp3) is 0.600. The van der Waals surface area contributed by atoms with Crippen molar-refractivity contribution in [3.8, 4) is 0 Å². The van der Waals surface area contributed by atoms with Gasteiger partial charge in [-0.15, -0.1) is 0 Å². The molecule has 0 unspecified atom stereocenters. The zero-order valence-corrected chi connectivity index (χ0v) is 4.64. The van der Waals surface area contributed by atoms with E-state index in [0.717, 1.165) is 12.7 Å². The van der Waals surface area contributed by atoms with Gasteiger partial charge in [0.05, 0.1) is 6.61 Å². The number of carbonyl (C=O) groups excluding carboxylic acids is 2. The van der Waals surface area contributed by atoms with Crippen LogP contribution in [0.2, 0.25) is 0 Å². The average molecular weight is 115 g/mol. The fourth-order valence-electron chi connectivity index (χ4n) is 0.224. The molecule has 0 heterocycles. The summed E-state index contributed by atoms with van der Waals surface area (Å²) >= 11 is 0. The molecule has 0 aromatic rings. The maximum Gasteiger partial charge on any atom is 0.383 e. The molecule has 0 spiro atoms. The van der Waals surface area contributed by atoms with Crippen LogP contribution >= 0.6 is 0 Å². The molecule has 0 fully saturated rings. The predicted molar refractivity (Wildman–Crippen MR) is 26.9 cm³/mol. The van der Waals surface area contributed by atoms with Gasteiger partial charge >= 0.3 is 12.3 Å². The highest BCUT2D eigenvalue weighted by Crippen LogP contribution is 1.77. The third kappa shape index (κ3) is 3.33. The molecule has 0 N–H and O–H groups in total. The topological polar surface area (TPSA) is 43.4 Å². The summed E-state index contributed by atoms with van der Waals surface area (Å²) in [5.74, 6) is -0.910. The zero-order chi connectivity index (χ0) is 6.41. The van der Waals surface area contributed by atoms with Crippen molar-refractivity contribution in [2.24, 2.45) is 0 Å². The van der Waals surface area contributed by atoms with E-state index >= 15 is 0 Å². The van der Waals surface area contributed by atoms with E-state index in [4.69, 9.17) is 0 Å². The molecular weight excluding hydrogens is 108 g/mol. The monoisotopic (exact) mass is 115 g/mol. The van der Waals surface area contributed by atoms with E-state index in [2.05, 4.69) is 4.74 Å². The third-order valence-corrected chi connectivity index (χ3v) is 0.521. The van der Waals surface area contributed by atoms with Gasteiger partial charge in [-0.25, -0.2) is 4.79 Å². The summed E-state index contributed by atoms with van der Waals surface area (Å²) in [6.45, 7) is 2.14. The van der Waals surface area contributed by atoms with E-state index in [9.17, 15) is 9.59 Å². The van der Waals surface area contributed by atoms with Crippen LogP contribution in [0.25, 0.3) is 0 Å². The minimum absolute atomic E-state index is 0.300. The van der Waals surface area contributed by atoms with Crippen molar-refractivity contribution < 1.29 is 14.3 Å². The number of carbonyl (C=O) groups is 1. The molecule has 0 atom stereocenters. The van der Waals surface area contributed by atoms with Gasteiger partial charge in [-0.1, -0.05) is 6.92 Å². The second kappa shape index (κ2) is 4.30. The Morgan fingerprint density at radius 3 is 2.75 bits per heavy atom. The highest BCUT2D eigenvalue weighted by molar-refractivity contribution is 6.20. The molecule has 1 radical (unpaired) electrons. The van der Waals surface area contributed by atoms with Gasteiger partial charge in [0.25, 0.3) is 0 Å². The smallest absolute Gasteiger partial charge is 0.383 e. The van der Waals surface area contributed by atoms with Crippen LogP contribution in [-0.2, 0) is 14.3 Å². The van der Waals surface area contributed by atoms with Crippen molar-refractivity contribution in [1.82, 2.24) is 0 Å². The first kappa shape index (κ1) is 7.14. The highest BCUT2D eigenvalue weighted by Gasteiger charge is 1.96. The van der Waals surface area contributed by atoms with E-state index in [1.165, 1.54) is 0 Å². The predicted octanol–water partition coefficient (Wildman–Crippen LogP) is 0.0493. The molecule has 8 heavy (non-hydrogen) atoms. The van der Waals surface area contributed by atoms with Gasteiger partial charge in [0.2, 0.25) is 0 Å². The number of hydrogen-bond acceptors (Lipinski definition) is 3. The molecule has 3 nitrogen and oxygen atoms in total. The Labute approximate surface area is 47.6 Å². The molecule has 0 aliphatic carbocycles. The molecule has 0 saturated carbocycles. The summed E-state index contributed by atoms with van der Waals surface area (Å²) in [6.07, 6.45) is 1.82. The molecule has 0 amide bonds. The van der Waals surface area contributed by atoms with Crippen LogP contribution < -0.4 is 0 Å². The molecule has 0 bridgehead atoms. The number of hydrogen-bond donors (Lipinski definition) is 0. The normalized spacial score (nSPS) is 8.12. The van der Waals surface area contributed by atoms with Gasteiger partial charge in [0.15, 0.2) is 0 Å². The second-order valence-corrected chi connectivity index (χ2v) is 1.24. The van der Waals surface area contributed by atoms with Crippen LogP contribution in [0.5, 0.6) is 0 Å². The van der Waals surface area contributed by atoms with Crippen molar-refractivity contribution in [2.45, 2.75) is 13.3 Å². The number of rotatable bonds is 3. The molecule has 0 saturated heterocycles. The van der Waals surface area contributed by atoms with Gasteiger partial charge in [-0.2, -0.15) is 0 Å². The van der Waals surface area contributed by atoms with Crippen LogP contribution in [0.3, 0.4) is 0 Å². The van der Waals surface area contributed by atoms with E-state index < -0.39 is 5.97 Å². The zero-order valence-electron chi connectivity index (χ0n) is 4.64. The van der Waals surface area contributed by atoms with Crippen molar-refractivity contribution in [3.05, 3.63) is 0 Å². The highest BCUT2D eigenvalue weighted by atomic mass is 16.5. The van der Waals surface area contributed by atoms with Crippen molar-refractivity contribution in [2.75, 3.05) is 6.61 Å². The van der Waals surface area contributed by atoms with E-state index in [-0.39, 0.29) is 0 Å². The standard InChI is InChI=1S/C5H7O3/c1-2-3-8-5(7)4-6/h2-3H2,1H3. The largest absolute Gasteiger partial charge is 0.460 e. The van der Waals surface area contributed by atoms with Gasteiger partial charge in [0.1, 0.15) is 0 Å². The van der Waals surface area contributed by atoms with Crippen LogP contribution in [0.1, 0.15) is 13.3 Å². The SMILES string of the molecule is CCCOC(=O)[C]=O. The summed E-state index contributed by atoms with van der Waals surface area (Å²) in [5.41, 5.74) is 0. The van der Waals surface area contributed by atoms with Gasteiger partial charge in [-0.05, 0) is 6.42 Å². The minimum atomic E-state index is -0.910. The van der Waals surface area contributed by atoms with E-state index in [1.54, 1.807) is 0 Å². The lowest BCUT2D eigenvalue weighted by atomic mass is 10.5. The Balaban J connectivity index is 3.11. The van der Waals surface area contributed by atoms with Crippen LogP contribution in [0.4, 0.5) is 0 Å². The molecular formula is C5H7O3. The van der Waals surface area contributed by atoms with Crippen LogP contribution in [0.15, 0.2) is 0 Å². The lowest BCUT2D eigenvalue weighted by Gasteiger charge is -1.92. The third-order valence-electron chi connectivity index (χ3n) is 0.521. The Kier molecular flexibility index (Phi) is 3.84. The Bertz CT molecular complexity index is 87.7. The summed E-state index contributed by atoms with van der Waals surface area (Å²) in [7, 11) is 0. The summed E-state index contributed by atoms with van der Waals surface area (Å²) in [6, 6.07) is 0. The van der Waals surface area contributed by atoms with E-state index in [1.807, 2.05) is 6.92 Å². The average Bonchev–Trinajstić information content (AvgIpc) is 1.83. The molecule has 0 rings (SSSR count). The molecule has 0 aliphatic rings. The number of esters is 1. The lowest BCUT2D eigenvalue weighted by Crippen LogP contribution is -2.05. The summed E-state index contributed by atoms with van der Waals surface area (Å²) in [4.78, 5) is 19.3. The Morgan fingerprint density at radius 1 is 1.75 bits per heavy atom. The Morgan fingerprint density at radius 2 is 2.38 bits per heavy atom. The number of ether oxygens (including phenoxy) is 1. The first-order chi connectivity index (χ1) is 3.81. The quantitative estimate of drug-likeness (QED) is 0.385. The second-order valence-electron chi connectivity index (χ2n) is 1.24.